The standard InChI is InChI=1S/C13H19NO3S2/c1-19(16,17)12-6-4-11(5-7-12)18-9-13(14,8-15)10-2-3-10/h4-7,10,15H,2-3,8-9,14H2,1H3. The molecule has 1 unspecified atom stereocenters. The van der Waals surface area contributed by atoms with Crippen LogP contribution in [-0.4, -0.2) is 37.7 Å². The molecule has 0 aliphatic heterocycles. The first-order chi connectivity index (χ1) is 8.85. The second-order valence-corrected chi connectivity index (χ2v) is 8.26. The van der Waals surface area contributed by atoms with Crippen molar-refractivity contribution in [2.75, 3.05) is 18.6 Å². The van der Waals surface area contributed by atoms with E-state index < -0.39 is 15.4 Å². The Bertz CT molecular complexity index is 538. The second-order valence-electron chi connectivity index (χ2n) is 5.20. The van der Waals surface area contributed by atoms with E-state index in [9.17, 15) is 13.5 Å². The lowest BCUT2D eigenvalue weighted by Gasteiger charge is -2.26. The number of thioether (sulfide) groups is 1. The molecule has 106 valence electrons. The lowest BCUT2D eigenvalue weighted by Crippen LogP contribution is -2.48. The third kappa shape index (κ3) is 3.72. The zero-order valence-corrected chi connectivity index (χ0v) is 12.5. The molecule has 0 radical (unpaired) electrons. The molecule has 0 saturated heterocycles. The molecule has 1 aromatic rings. The van der Waals surface area contributed by atoms with E-state index in [2.05, 4.69) is 0 Å². The Morgan fingerprint density at radius 2 is 1.95 bits per heavy atom. The summed E-state index contributed by atoms with van der Waals surface area (Å²) >= 11 is 1.56. The van der Waals surface area contributed by atoms with Crippen LogP contribution in [0, 0.1) is 5.92 Å². The summed E-state index contributed by atoms with van der Waals surface area (Å²) in [7, 11) is -3.14. The summed E-state index contributed by atoms with van der Waals surface area (Å²) in [6.45, 7) is -0.00785. The number of hydrogen-bond acceptors (Lipinski definition) is 5. The molecule has 6 heteroatoms. The van der Waals surface area contributed by atoms with E-state index in [-0.39, 0.29) is 6.61 Å². The van der Waals surface area contributed by atoms with Gasteiger partial charge in [0, 0.05) is 16.9 Å². The van der Waals surface area contributed by atoms with Crippen molar-refractivity contribution >= 4 is 21.6 Å². The van der Waals surface area contributed by atoms with Gasteiger partial charge in [-0.05, 0) is 43.0 Å². The Labute approximate surface area is 118 Å². The summed E-state index contributed by atoms with van der Waals surface area (Å²) in [6.07, 6.45) is 3.37. The van der Waals surface area contributed by atoms with Gasteiger partial charge in [0.05, 0.1) is 17.0 Å². The number of aliphatic hydroxyl groups is 1. The Morgan fingerprint density at radius 1 is 1.37 bits per heavy atom. The van der Waals surface area contributed by atoms with Gasteiger partial charge >= 0.3 is 0 Å². The molecule has 2 rings (SSSR count). The molecule has 1 aliphatic rings. The van der Waals surface area contributed by atoms with Gasteiger partial charge in [0.15, 0.2) is 9.84 Å². The highest BCUT2D eigenvalue weighted by Gasteiger charge is 2.41. The van der Waals surface area contributed by atoms with Gasteiger partial charge in [-0.1, -0.05) is 0 Å². The molecule has 0 heterocycles. The van der Waals surface area contributed by atoms with Crippen molar-refractivity contribution in [3.63, 3.8) is 0 Å². The fourth-order valence-electron chi connectivity index (χ4n) is 1.95. The lowest BCUT2D eigenvalue weighted by molar-refractivity contribution is 0.194. The number of rotatable bonds is 6. The van der Waals surface area contributed by atoms with Crippen molar-refractivity contribution in [3.05, 3.63) is 24.3 Å². The number of benzene rings is 1. The predicted octanol–water partition coefficient (Wildman–Crippen LogP) is 1.28. The second kappa shape index (κ2) is 5.44. The van der Waals surface area contributed by atoms with E-state index in [0.29, 0.717) is 16.6 Å². The Balaban J connectivity index is 2.00. The van der Waals surface area contributed by atoms with E-state index in [1.807, 2.05) is 0 Å². The van der Waals surface area contributed by atoms with Crippen molar-refractivity contribution in [2.24, 2.45) is 11.7 Å². The fraction of sp³-hybridized carbons (Fsp3) is 0.538. The first-order valence-electron chi connectivity index (χ1n) is 6.18. The summed E-state index contributed by atoms with van der Waals surface area (Å²) in [6, 6.07) is 6.77. The van der Waals surface area contributed by atoms with Gasteiger partial charge in [0.1, 0.15) is 0 Å². The van der Waals surface area contributed by atoms with Crippen LogP contribution < -0.4 is 5.73 Å². The Morgan fingerprint density at radius 3 is 2.37 bits per heavy atom. The summed E-state index contributed by atoms with van der Waals surface area (Å²) in [5.41, 5.74) is 5.67. The monoisotopic (exact) mass is 301 g/mol. The number of hydrogen-bond donors (Lipinski definition) is 2. The van der Waals surface area contributed by atoms with E-state index in [0.717, 1.165) is 17.7 Å². The zero-order valence-electron chi connectivity index (χ0n) is 10.9. The molecular weight excluding hydrogens is 282 g/mol. The van der Waals surface area contributed by atoms with Crippen LogP contribution in [0.25, 0.3) is 0 Å². The van der Waals surface area contributed by atoms with Gasteiger partial charge in [-0.3, -0.25) is 0 Å². The minimum atomic E-state index is -3.14. The first-order valence-corrected chi connectivity index (χ1v) is 9.05. The highest BCUT2D eigenvalue weighted by atomic mass is 32.2. The van der Waals surface area contributed by atoms with Crippen molar-refractivity contribution in [2.45, 2.75) is 28.2 Å². The van der Waals surface area contributed by atoms with Crippen molar-refractivity contribution in [1.82, 2.24) is 0 Å². The fourth-order valence-corrected chi connectivity index (χ4v) is 3.67. The van der Waals surface area contributed by atoms with Crippen LogP contribution in [0.5, 0.6) is 0 Å². The molecule has 1 aromatic carbocycles. The highest BCUT2D eigenvalue weighted by Crippen LogP contribution is 2.40. The molecule has 0 spiro atoms. The molecule has 1 saturated carbocycles. The first kappa shape index (κ1) is 14.8. The Kier molecular flexibility index (Phi) is 4.25. The molecule has 1 aliphatic carbocycles. The average Bonchev–Trinajstić information content (AvgIpc) is 3.20. The molecule has 1 fully saturated rings. The molecule has 4 nitrogen and oxygen atoms in total. The smallest absolute Gasteiger partial charge is 0.175 e. The third-order valence-corrected chi connectivity index (χ3v) is 5.86. The molecule has 1 atom stereocenters. The minimum Gasteiger partial charge on any atom is -0.394 e. The largest absolute Gasteiger partial charge is 0.394 e. The highest BCUT2D eigenvalue weighted by molar-refractivity contribution is 7.99. The maximum absolute atomic E-state index is 11.3. The van der Waals surface area contributed by atoms with Crippen molar-refractivity contribution in [3.8, 4) is 0 Å². The normalized spacial score (nSPS) is 19.1. The molecule has 19 heavy (non-hydrogen) atoms. The summed E-state index contributed by atoms with van der Waals surface area (Å²) in [4.78, 5) is 1.29. The van der Waals surface area contributed by atoms with Crippen LogP contribution in [-0.2, 0) is 9.84 Å². The predicted molar refractivity (Wildman–Crippen MR) is 77.0 cm³/mol. The quantitative estimate of drug-likeness (QED) is 0.774. The molecule has 0 aromatic heterocycles. The molecule has 0 bridgehead atoms. The van der Waals surface area contributed by atoms with Crippen LogP contribution in [0.2, 0.25) is 0 Å². The number of nitrogens with two attached hydrogens (primary N) is 1. The lowest BCUT2D eigenvalue weighted by atomic mass is 9.99. The van der Waals surface area contributed by atoms with Gasteiger partial charge in [0.25, 0.3) is 0 Å². The molecule has 0 amide bonds. The number of aliphatic hydroxyl groups excluding tert-OH is 1. The van der Waals surface area contributed by atoms with Crippen LogP contribution in [0.1, 0.15) is 12.8 Å². The van der Waals surface area contributed by atoms with Crippen LogP contribution in [0.3, 0.4) is 0 Å². The van der Waals surface area contributed by atoms with E-state index in [1.54, 1.807) is 36.0 Å². The zero-order chi connectivity index (χ0) is 14.1. The van der Waals surface area contributed by atoms with Gasteiger partial charge in [-0.25, -0.2) is 8.42 Å². The molecular formula is C13H19NO3S2. The van der Waals surface area contributed by atoms with Gasteiger partial charge in [0.2, 0.25) is 0 Å². The molecule has 3 N–H and O–H groups in total. The van der Waals surface area contributed by atoms with Crippen molar-refractivity contribution in [1.29, 1.82) is 0 Å². The van der Waals surface area contributed by atoms with Crippen LogP contribution >= 0.6 is 11.8 Å². The maximum atomic E-state index is 11.3. The summed E-state index contributed by atoms with van der Waals surface area (Å²) < 4.78 is 22.7. The van der Waals surface area contributed by atoms with E-state index in [4.69, 9.17) is 5.73 Å². The minimum absolute atomic E-state index is 0.00785. The topological polar surface area (TPSA) is 80.4 Å². The summed E-state index contributed by atoms with van der Waals surface area (Å²) in [5, 5.41) is 9.41. The van der Waals surface area contributed by atoms with Gasteiger partial charge < -0.3 is 10.8 Å². The van der Waals surface area contributed by atoms with Crippen LogP contribution in [0.15, 0.2) is 34.1 Å². The van der Waals surface area contributed by atoms with E-state index in [1.165, 1.54) is 6.26 Å². The Hall–Kier alpha value is -0.560. The van der Waals surface area contributed by atoms with E-state index >= 15 is 0 Å². The third-order valence-electron chi connectivity index (χ3n) is 3.44. The van der Waals surface area contributed by atoms with Crippen molar-refractivity contribution < 1.29 is 13.5 Å². The average molecular weight is 301 g/mol. The van der Waals surface area contributed by atoms with Crippen LogP contribution in [0.4, 0.5) is 0 Å². The number of sulfone groups is 1. The van der Waals surface area contributed by atoms with Gasteiger partial charge in [-0.2, -0.15) is 0 Å². The SMILES string of the molecule is CS(=O)(=O)c1ccc(SCC(N)(CO)C2CC2)cc1. The van der Waals surface area contributed by atoms with Gasteiger partial charge in [-0.15, -0.1) is 11.8 Å². The maximum Gasteiger partial charge on any atom is 0.175 e. The summed E-state index contributed by atoms with van der Waals surface area (Å²) in [5.74, 6) is 1.06.